The zero-order valence-electron chi connectivity index (χ0n) is 4.71. The van der Waals surface area contributed by atoms with Crippen molar-refractivity contribution in [3.8, 4) is 11.6 Å². The summed E-state index contributed by atoms with van der Waals surface area (Å²) in [6.45, 7) is 0. The van der Waals surface area contributed by atoms with Crippen molar-refractivity contribution in [1.82, 2.24) is 30.3 Å². The molecule has 2 heterocycles. The van der Waals surface area contributed by atoms with E-state index in [2.05, 4.69) is 25.5 Å². The third kappa shape index (κ3) is 0.508. The molecule has 2 aliphatic heterocycles. The first-order valence-corrected chi connectivity index (χ1v) is 2.46. The number of rotatable bonds is 0. The topological polar surface area (TPSA) is 89.6 Å². The maximum absolute atomic E-state index is 8.88. The van der Waals surface area contributed by atoms with Gasteiger partial charge in [0.1, 0.15) is 6.33 Å². The Kier molecular flexibility index (Phi) is 0.802. The molecule has 0 atom stereocenters. The molecule has 0 saturated heterocycles. The van der Waals surface area contributed by atoms with E-state index in [9.17, 15) is 0 Å². The zero-order valence-corrected chi connectivity index (χ0v) is 4.71. The Labute approximate surface area is 54.6 Å². The van der Waals surface area contributed by atoms with Gasteiger partial charge >= 0.3 is 0 Å². The molecule has 0 amide bonds. The van der Waals surface area contributed by atoms with Crippen LogP contribution in [0.25, 0.3) is 11.6 Å². The van der Waals surface area contributed by atoms with Crippen molar-refractivity contribution in [1.29, 1.82) is 0 Å². The molecule has 50 valence electrons. The second-order valence-corrected chi connectivity index (χ2v) is 1.59. The fraction of sp³-hybridized carbons (Fsp3) is 0. The van der Waals surface area contributed by atoms with Crippen LogP contribution in [0, 0.1) is 0 Å². The van der Waals surface area contributed by atoms with Crippen LogP contribution >= 0.6 is 0 Å². The second kappa shape index (κ2) is 1.59. The minimum absolute atomic E-state index is 0.155. The molecule has 0 aromatic carbocycles. The van der Waals surface area contributed by atoms with Gasteiger partial charge in [-0.05, 0) is 5.21 Å². The van der Waals surface area contributed by atoms with Crippen LogP contribution in [0.4, 0.5) is 0 Å². The molecule has 0 aliphatic carbocycles. The highest BCUT2D eigenvalue weighted by Crippen LogP contribution is 2.05. The quantitative estimate of drug-likeness (QED) is 0.460. The Hall–Kier alpha value is -1.79. The summed E-state index contributed by atoms with van der Waals surface area (Å²) < 4.78 is 0. The standard InChI is InChI=1S/C3H2N6O/c10-9-3-2(4-1-5-9)6-8-7-3/h1,10H. The van der Waals surface area contributed by atoms with Crippen LogP contribution in [0.1, 0.15) is 0 Å². The summed E-state index contributed by atoms with van der Waals surface area (Å²) in [5.41, 5.74) is 0. The lowest BCUT2D eigenvalue weighted by Gasteiger charge is -1.94. The van der Waals surface area contributed by atoms with Crippen molar-refractivity contribution in [3.05, 3.63) is 6.33 Å². The van der Waals surface area contributed by atoms with Crippen LogP contribution in [0.3, 0.4) is 0 Å². The smallest absolute Gasteiger partial charge is 0.259 e. The minimum atomic E-state index is 0.155. The number of fused-ring (bicyclic) bond motifs is 1. The molecule has 0 aromatic heterocycles. The molecule has 7 heteroatoms. The SMILES string of the molecule is On1ncnc2nnnc1-2. The van der Waals surface area contributed by atoms with E-state index in [1.165, 1.54) is 6.33 Å². The number of nitrogens with zero attached hydrogens (tertiary/aromatic N) is 6. The summed E-state index contributed by atoms with van der Waals surface area (Å²) >= 11 is 0. The molecule has 1 N–H and O–H groups in total. The van der Waals surface area contributed by atoms with Crippen molar-refractivity contribution >= 4 is 0 Å². The van der Waals surface area contributed by atoms with Crippen LogP contribution < -0.4 is 0 Å². The molecular weight excluding hydrogens is 136 g/mol. The summed E-state index contributed by atoms with van der Waals surface area (Å²) in [5.74, 6) is 0.431. The predicted octanol–water partition coefficient (Wildman–Crippen LogP) is -1.19. The van der Waals surface area contributed by atoms with Gasteiger partial charge in [-0.1, -0.05) is 4.85 Å². The Bertz CT molecular complexity index is 317. The molecule has 2 rings (SSSR count). The molecule has 0 bridgehead atoms. The molecule has 0 spiro atoms. The van der Waals surface area contributed by atoms with Crippen LogP contribution in [0.5, 0.6) is 0 Å². The molecule has 0 unspecified atom stereocenters. The zero-order chi connectivity index (χ0) is 6.97. The van der Waals surface area contributed by atoms with E-state index in [0.29, 0.717) is 4.85 Å². The molecule has 0 aromatic rings. The molecule has 2 aliphatic rings. The number of hydrogen-bond donors (Lipinski definition) is 1. The summed E-state index contributed by atoms with van der Waals surface area (Å²) in [5, 5.41) is 22.5. The fourth-order valence-corrected chi connectivity index (χ4v) is 0.594. The van der Waals surface area contributed by atoms with Crippen molar-refractivity contribution < 1.29 is 5.21 Å². The van der Waals surface area contributed by atoms with E-state index >= 15 is 0 Å². The fourth-order valence-electron chi connectivity index (χ4n) is 0.594. The second-order valence-electron chi connectivity index (χ2n) is 1.59. The summed E-state index contributed by atoms with van der Waals surface area (Å²) in [6, 6.07) is 0. The third-order valence-electron chi connectivity index (χ3n) is 1.01. The van der Waals surface area contributed by atoms with Gasteiger partial charge in [-0.2, -0.15) is 0 Å². The Morgan fingerprint density at radius 1 is 1.40 bits per heavy atom. The van der Waals surface area contributed by atoms with Crippen LogP contribution in [0.15, 0.2) is 6.33 Å². The predicted molar refractivity (Wildman–Crippen MR) is 27.2 cm³/mol. The van der Waals surface area contributed by atoms with E-state index in [0.717, 1.165) is 0 Å². The van der Waals surface area contributed by atoms with Gasteiger partial charge in [0.25, 0.3) is 5.82 Å². The number of aromatic nitrogens is 6. The van der Waals surface area contributed by atoms with Crippen molar-refractivity contribution in [2.24, 2.45) is 0 Å². The molecule has 0 saturated carbocycles. The van der Waals surface area contributed by atoms with E-state index < -0.39 is 0 Å². The minimum Gasteiger partial charge on any atom is -0.410 e. The van der Waals surface area contributed by atoms with Crippen LogP contribution in [-0.4, -0.2) is 35.5 Å². The lowest BCUT2D eigenvalue weighted by atomic mass is 10.6. The van der Waals surface area contributed by atoms with Gasteiger partial charge in [-0.3, -0.25) is 0 Å². The number of hydrogen-bond acceptors (Lipinski definition) is 6. The molecule has 0 fully saturated rings. The monoisotopic (exact) mass is 138 g/mol. The van der Waals surface area contributed by atoms with E-state index in [-0.39, 0.29) is 11.6 Å². The average molecular weight is 138 g/mol. The van der Waals surface area contributed by atoms with E-state index in [1.807, 2.05) is 0 Å². The maximum atomic E-state index is 8.88. The lowest BCUT2D eigenvalue weighted by molar-refractivity contribution is 0.144. The highest BCUT2D eigenvalue weighted by molar-refractivity contribution is 5.40. The Morgan fingerprint density at radius 2 is 2.30 bits per heavy atom. The van der Waals surface area contributed by atoms with Gasteiger partial charge in [-0.15, -0.1) is 15.3 Å². The molecule has 0 radical (unpaired) electrons. The highest BCUT2D eigenvalue weighted by Gasteiger charge is 2.11. The van der Waals surface area contributed by atoms with Crippen molar-refractivity contribution in [2.45, 2.75) is 0 Å². The Morgan fingerprint density at radius 3 is 3.10 bits per heavy atom. The lowest BCUT2D eigenvalue weighted by Crippen LogP contribution is -2.04. The molecule has 7 nitrogen and oxygen atoms in total. The van der Waals surface area contributed by atoms with Gasteiger partial charge in [0.2, 0.25) is 5.82 Å². The van der Waals surface area contributed by atoms with Crippen LogP contribution in [-0.2, 0) is 0 Å². The van der Waals surface area contributed by atoms with Crippen molar-refractivity contribution in [2.75, 3.05) is 0 Å². The first-order chi connectivity index (χ1) is 4.88. The summed E-state index contributed by atoms with van der Waals surface area (Å²) in [7, 11) is 0. The highest BCUT2D eigenvalue weighted by atomic mass is 16.5. The van der Waals surface area contributed by atoms with Gasteiger partial charge in [0, 0.05) is 0 Å². The van der Waals surface area contributed by atoms with E-state index in [4.69, 9.17) is 5.21 Å². The first kappa shape index (κ1) is 5.03. The third-order valence-corrected chi connectivity index (χ3v) is 1.01. The van der Waals surface area contributed by atoms with Gasteiger partial charge < -0.3 is 5.21 Å². The van der Waals surface area contributed by atoms with Crippen molar-refractivity contribution in [3.63, 3.8) is 0 Å². The molecular formula is C3H2N6O. The van der Waals surface area contributed by atoms with E-state index in [1.54, 1.807) is 0 Å². The largest absolute Gasteiger partial charge is 0.410 e. The summed E-state index contributed by atoms with van der Waals surface area (Å²) in [6.07, 6.45) is 1.17. The molecule has 10 heavy (non-hydrogen) atoms. The van der Waals surface area contributed by atoms with Gasteiger partial charge in [0.05, 0.1) is 0 Å². The first-order valence-electron chi connectivity index (χ1n) is 2.46. The normalized spacial score (nSPS) is 10.4. The maximum Gasteiger partial charge on any atom is 0.259 e. The van der Waals surface area contributed by atoms with Crippen LogP contribution in [0.2, 0.25) is 0 Å². The summed E-state index contributed by atoms with van der Waals surface area (Å²) in [4.78, 5) is 4.25. The Balaban J connectivity index is 2.80. The van der Waals surface area contributed by atoms with Gasteiger partial charge in [-0.25, -0.2) is 4.98 Å². The van der Waals surface area contributed by atoms with Gasteiger partial charge in [0.15, 0.2) is 0 Å². The average Bonchev–Trinajstić information content (AvgIpc) is 2.36.